The number of anilines is 1. The number of carbonyl (C=O) groups excluding carboxylic acids is 2. The number of benzene rings is 2. The predicted octanol–water partition coefficient (Wildman–Crippen LogP) is 3.21. The molecule has 4 rings (SSSR count). The molecule has 2 amide bonds. The van der Waals surface area contributed by atoms with E-state index < -0.39 is 0 Å². The molecule has 1 fully saturated rings. The summed E-state index contributed by atoms with van der Waals surface area (Å²) >= 11 is 0. The van der Waals surface area contributed by atoms with Gasteiger partial charge in [0.25, 0.3) is 5.91 Å². The molecule has 0 aliphatic carbocycles. The molecule has 1 atom stereocenters. The van der Waals surface area contributed by atoms with Crippen molar-refractivity contribution in [1.29, 1.82) is 0 Å². The molecule has 1 unspecified atom stereocenters. The van der Waals surface area contributed by atoms with Crippen molar-refractivity contribution in [3.8, 4) is 0 Å². The van der Waals surface area contributed by atoms with Crippen LogP contribution in [0.1, 0.15) is 22.8 Å². The smallest absolute Gasteiger partial charge is 0.254 e. The van der Waals surface area contributed by atoms with Gasteiger partial charge < -0.3 is 19.9 Å². The summed E-state index contributed by atoms with van der Waals surface area (Å²) in [6, 6.07) is 15.0. The van der Waals surface area contributed by atoms with Crippen molar-refractivity contribution in [2.45, 2.75) is 19.4 Å². The zero-order valence-electron chi connectivity index (χ0n) is 15.8. The van der Waals surface area contributed by atoms with E-state index in [1.807, 2.05) is 42.3 Å². The van der Waals surface area contributed by atoms with E-state index in [1.165, 1.54) is 0 Å². The van der Waals surface area contributed by atoms with Crippen LogP contribution in [0.2, 0.25) is 0 Å². The number of nitrogens with one attached hydrogen (secondary N) is 2. The van der Waals surface area contributed by atoms with Gasteiger partial charge in [0, 0.05) is 34.9 Å². The summed E-state index contributed by atoms with van der Waals surface area (Å²) < 4.78 is 5.40. The standard InChI is InChI=1S/C22H23N3O3/c1-15-14-28-10-9-25(15)22(27)16-5-4-6-18(11-16)24-21(26)12-17-13-23-20-8-3-2-7-19(17)20/h2-8,11,13,15,23H,9-10,12,14H2,1H3,(H,24,26). The van der Waals surface area contributed by atoms with E-state index in [1.54, 1.807) is 24.3 Å². The van der Waals surface area contributed by atoms with Gasteiger partial charge in [-0.3, -0.25) is 9.59 Å². The van der Waals surface area contributed by atoms with Crippen LogP contribution in [-0.4, -0.2) is 47.5 Å². The Hall–Kier alpha value is -3.12. The van der Waals surface area contributed by atoms with Crippen LogP contribution in [0.4, 0.5) is 5.69 Å². The summed E-state index contributed by atoms with van der Waals surface area (Å²) in [4.78, 5) is 30.3. The average Bonchev–Trinajstić information content (AvgIpc) is 3.11. The van der Waals surface area contributed by atoms with Gasteiger partial charge in [-0.05, 0) is 36.8 Å². The molecule has 1 aromatic heterocycles. The summed E-state index contributed by atoms with van der Waals surface area (Å²) in [6.07, 6.45) is 2.13. The maximum absolute atomic E-state index is 12.8. The van der Waals surface area contributed by atoms with Gasteiger partial charge >= 0.3 is 0 Å². The van der Waals surface area contributed by atoms with Crippen molar-refractivity contribution in [3.63, 3.8) is 0 Å². The van der Waals surface area contributed by atoms with Gasteiger partial charge in [-0.25, -0.2) is 0 Å². The van der Waals surface area contributed by atoms with Crippen molar-refractivity contribution in [1.82, 2.24) is 9.88 Å². The van der Waals surface area contributed by atoms with Crippen LogP contribution in [0.15, 0.2) is 54.7 Å². The van der Waals surface area contributed by atoms with Crippen LogP contribution in [0.3, 0.4) is 0 Å². The van der Waals surface area contributed by atoms with Crippen molar-refractivity contribution >= 4 is 28.4 Å². The number of H-pyrrole nitrogens is 1. The van der Waals surface area contributed by atoms with Gasteiger partial charge in [-0.1, -0.05) is 24.3 Å². The van der Waals surface area contributed by atoms with Gasteiger partial charge in [0.2, 0.25) is 5.91 Å². The lowest BCUT2D eigenvalue weighted by Crippen LogP contribution is -2.47. The highest BCUT2D eigenvalue weighted by Crippen LogP contribution is 2.20. The number of rotatable bonds is 4. The molecule has 144 valence electrons. The Kier molecular flexibility index (Phi) is 5.12. The molecule has 0 bridgehead atoms. The summed E-state index contributed by atoms with van der Waals surface area (Å²) in [7, 11) is 0. The summed E-state index contributed by atoms with van der Waals surface area (Å²) in [6.45, 7) is 3.66. The topological polar surface area (TPSA) is 74.4 Å². The van der Waals surface area contributed by atoms with Gasteiger partial charge in [0.05, 0.1) is 25.7 Å². The fraction of sp³-hybridized carbons (Fsp3) is 0.273. The number of fused-ring (bicyclic) bond motifs is 1. The Morgan fingerprint density at radius 1 is 1.21 bits per heavy atom. The Morgan fingerprint density at radius 2 is 2.07 bits per heavy atom. The molecule has 3 aromatic rings. The maximum atomic E-state index is 12.8. The molecule has 2 N–H and O–H groups in total. The van der Waals surface area contributed by atoms with Crippen LogP contribution in [0, 0.1) is 0 Å². The van der Waals surface area contributed by atoms with E-state index >= 15 is 0 Å². The molecular formula is C22H23N3O3. The predicted molar refractivity (Wildman–Crippen MR) is 108 cm³/mol. The first kappa shape index (κ1) is 18.3. The molecule has 1 saturated heterocycles. The number of aromatic amines is 1. The third-order valence-corrected chi connectivity index (χ3v) is 5.05. The zero-order valence-corrected chi connectivity index (χ0v) is 15.8. The number of morpholine rings is 1. The van der Waals surface area contributed by atoms with Crippen molar-refractivity contribution in [2.75, 3.05) is 25.1 Å². The molecule has 0 spiro atoms. The number of nitrogens with zero attached hydrogens (tertiary/aromatic N) is 1. The summed E-state index contributed by atoms with van der Waals surface area (Å²) in [5, 5.41) is 3.95. The molecule has 28 heavy (non-hydrogen) atoms. The highest BCUT2D eigenvalue weighted by molar-refractivity contribution is 5.99. The molecule has 6 heteroatoms. The third-order valence-electron chi connectivity index (χ3n) is 5.05. The van der Waals surface area contributed by atoms with Gasteiger partial charge in [0.15, 0.2) is 0 Å². The number of ether oxygens (including phenoxy) is 1. The molecule has 0 radical (unpaired) electrons. The number of amides is 2. The molecule has 1 aliphatic rings. The second-order valence-electron chi connectivity index (χ2n) is 7.09. The van der Waals surface area contributed by atoms with E-state index in [2.05, 4.69) is 10.3 Å². The van der Waals surface area contributed by atoms with Crippen molar-refractivity contribution in [2.24, 2.45) is 0 Å². The maximum Gasteiger partial charge on any atom is 0.254 e. The first-order valence-corrected chi connectivity index (χ1v) is 9.45. The number of para-hydroxylation sites is 1. The minimum absolute atomic E-state index is 0.0384. The summed E-state index contributed by atoms with van der Waals surface area (Å²) in [5.74, 6) is -0.155. The Balaban J connectivity index is 1.45. The molecule has 6 nitrogen and oxygen atoms in total. The van der Waals surface area contributed by atoms with E-state index in [4.69, 9.17) is 4.74 Å². The van der Waals surface area contributed by atoms with Crippen molar-refractivity contribution < 1.29 is 14.3 Å². The minimum Gasteiger partial charge on any atom is -0.377 e. The molecule has 0 saturated carbocycles. The van der Waals surface area contributed by atoms with Crippen LogP contribution >= 0.6 is 0 Å². The molecular weight excluding hydrogens is 354 g/mol. The largest absolute Gasteiger partial charge is 0.377 e. The number of carbonyl (C=O) groups is 2. The zero-order chi connectivity index (χ0) is 19.5. The van der Waals surface area contributed by atoms with E-state index in [9.17, 15) is 9.59 Å². The lowest BCUT2D eigenvalue weighted by Gasteiger charge is -2.33. The molecule has 1 aliphatic heterocycles. The van der Waals surface area contributed by atoms with Gasteiger partial charge in [-0.2, -0.15) is 0 Å². The van der Waals surface area contributed by atoms with Crippen LogP contribution in [0.5, 0.6) is 0 Å². The molecule has 2 aromatic carbocycles. The SMILES string of the molecule is CC1COCCN1C(=O)c1cccc(NC(=O)Cc2c[nH]c3ccccc23)c1. The lowest BCUT2D eigenvalue weighted by molar-refractivity contribution is -0.115. The van der Waals surface area contributed by atoms with Gasteiger partial charge in [0.1, 0.15) is 0 Å². The van der Waals surface area contributed by atoms with Gasteiger partial charge in [-0.15, -0.1) is 0 Å². The Labute approximate surface area is 163 Å². The minimum atomic E-state index is -0.117. The van der Waals surface area contributed by atoms with Crippen LogP contribution < -0.4 is 5.32 Å². The third kappa shape index (κ3) is 3.77. The number of hydrogen-bond donors (Lipinski definition) is 2. The first-order valence-electron chi connectivity index (χ1n) is 9.45. The van der Waals surface area contributed by atoms with E-state index in [0.29, 0.717) is 31.0 Å². The number of aromatic nitrogens is 1. The second-order valence-corrected chi connectivity index (χ2v) is 7.09. The Morgan fingerprint density at radius 3 is 2.93 bits per heavy atom. The fourth-order valence-corrected chi connectivity index (χ4v) is 3.58. The number of hydrogen-bond acceptors (Lipinski definition) is 3. The van der Waals surface area contributed by atoms with Crippen LogP contribution in [0.25, 0.3) is 10.9 Å². The Bertz CT molecular complexity index is 1010. The summed E-state index contributed by atoms with van der Waals surface area (Å²) in [5.41, 5.74) is 3.15. The average molecular weight is 377 g/mol. The first-order chi connectivity index (χ1) is 13.6. The van der Waals surface area contributed by atoms with E-state index in [0.717, 1.165) is 16.5 Å². The fourth-order valence-electron chi connectivity index (χ4n) is 3.58. The highest BCUT2D eigenvalue weighted by Gasteiger charge is 2.24. The second kappa shape index (κ2) is 7.86. The monoisotopic (exact) mass is 377 g/mol. The van der Waals surface area contributed by atoms with Crippen molar-refractivity contribution in [3.05, 3.63) is 65.9 Å². The quantitative estimate of drug-likeness (QED) is 0.733. The molecule has 2 heterocycles. The normalized spacial score (nSPS) is 16.9. The lowest BCUT2D eigenvalue weighted by atomic mass is 10.1. The van der Waals surface area contributed by atoms with E-state index in [-0.39, 0.29) is 24.3 Å². The van der Waals surface area contributed by atoms with Crippen LogP contribution in [-0.2, 0) is 16.0 Å². The highest BCUT2D eigenvalue weighted by atomic mass is 16.5.